The van der Waals surface area contributed by atoms with Crippen LogP contribution in [0, 0.1) is 13.8 Å². The van der Waals surface area contributed by atoms with Gasteiger partial charge >= 0.3 is 6.03 Å². The van der Waals surface area contributed by atoms with E-state index in [1.165, 1.54) is 14.2 Å². The monoisotopic (exact) mass is 357 g/mol. The lowest BCUT2D eigenvalue weighted by atomic mass is 10.1. The van der Waals surface area contributed by atoms with Crippen molar-refractivity contribution in [3.8, 4) is 5.75 Å². The first kappa shape index (κ1) is 19.8. The average molecular weight is 357 g/mol. The Balaban J connectivity index is 2.77. The first-order chi connectivity index (χ1) is 11.2. The van der Waals surface area contributed by atoms with Crippen molar-refractivity contribution in [3.63, 3.8) is 0 Å². The van der Waals surface area contributed by atoms with Gasteiger partial charge in [0.25, 0.3) is 10.0 Å². The summed E-state index contributed by atoms with van der Waals surface area (Å²) >= 11 is 0. The molecule has 0 bridgehead atoms. The molecule has 1 aromatic carbocycles. The lowest BCUT2D eigenvalue weighted by Crippen LogP contribution is -2.40. The molecule has 134 valence electrons. The number of hydrogen-bond donors (Lipinski definition) is 3. The average Bonchev–Trinajstić information content (AvgIpc) is 2.49. The molecule has 1 aromatic rings. The number of urea groups is 1. The Kier molecular flexibility index (Phi) is 7.02. The summed E-state index contributed by atoms with van der Waals surface area (Å²) in [6, 6.07) is 2.43. The summed E-state index contributed by atoms with van der Waals surface area (Å²) < 4.78 is 31.9. The number of nitrogens with one attached hydrogen (secondary N) is 3. The Morgan fingerprint density at radius 3 is 2.46 bits per heavy atom. The van der Waals surface area contributed by atoms with Crippen molar-refractivity contribution in [2.75, 3.05) is 20.7 Å². The molecule has 0 aliphatic carbocycles. The first-order valence-electron chi connectivity index (χ1n) is 7.37. The molecule has 3 N–H and O–H groups in total. The van der Waals surface area contributed by atoms with Gasteiger partial charge in [-0.15, -0.1) is 0 Å². The van der Waals surface area contributed by atoms with E-state index < -0.39 is 16.1 Å². The van der Waals surface area contributed by atoms with Gasteiger partial charge in [0.2, 0.25) is 5.91 Å². The minimum atomic E-state index is -4.07. The van der Waals surface area contributed by atoms with Gasteiger partial charge in [-0.2, -0.15) is 0 Å². The highest BCUT2D eigenvalue weighted by atomic mass is 32.2. The molecule has 0 heterocycles. The molecule has 0 aliphatic heterocycles. The largest absolute Gasteiger partial charge is 0.495 e. The quantitative estimate of drug-likeness (QED) is 0.626. The molecule has 0 aliphatic rings. The summed E-state index contributed by atoms with van der Waals surface area (Å²) in [5.41, 5.74) is 1.33. The maximum Gasteiger partial charge on any atom is 0.328 e. The van der Waals surface area contributed by atoms with Gasteiger partial charge in [0, 0.05) is 20.0 Å². The lowest BCUT2D eigenvalue weighted by molar-refractivity contribution is -0.120. The smallest absolute Gasteiger partial charge is 0.328 e. The van der Waals surface area contributed by atoms with E-state index >= 15 is 0 Å². The van der Waals surface area contributed by atoms with Crippen LogP contribution >= 0.6 is 0 Å². The fourth-order valence-electron chi connectivity index (χ4n) is 2.20. The van der Waals surface area contributed by atoms with Crippen LogP contribution in [0.5, 0.6) is 5.75 Å². The van der Waals surface area contributed by atoms with Crippen molar-refractivity contribution in [2.45, 2.75) is 31.6 Å². The highest BCUT2D eigenvalue weighted by molar-refractivity contribution is 7.90. The zero-order chi connectivity index (χ0) is 18.3. The summed E-state index contributed by atoms with van der Waals surface area (Å²) in [7, 11) is -1.19. The molecule has 0 saturated carbocycles. The predicted molar refractivity (Wildman–Crippen MR) is 89.5 cm³/mol. The van der Waals surface area contributed by atoms with E-state index in [0.29, 0.717) is 12.0 Å². The maximum atomic E-state index is 12.4. The number of hydrogen-bond acceptors (Lipinski definition) is 5. The number of aryl methyl sites for hydroxylation is 2. The van der Waals surface area contributed by atoms with Crippen LogP contribution < -0.4 is 20.1 Å². The second-order valence-corrected chi connectivity index (χ2v) is 6.87. The molecule has 0 fully saturated rings. The number of rotatable bonds is 7. The fraction of sp³-hybridized carbons (Fsp3) is 0.467. The second kappa shape index (κ2) is 8.53. The molecule has 9 heteroatoms. The van der Waals surface area contributed by atoms with Gasteiger partial charge in [-0.05, 0) is 37.5 Å². The third-order valence-corrected chi connectivity index (χ3v) is 4.76. The van der Waals surface area contributed by atoms with Crippen molar-refractivity contribution in [1.82, 2.24) is 15.4 Å². The van der Waals surface area contributed by atoms with Crippen LogP contribution in [0.3, 0.4) is 0 Å². The van der Waals surface area contributed by atoms with Crippen LogP contribution in [0.25, 0.3) is 0 Å². The number of amides is 3. The predicted octanol–water partition coefficient (Wildman–Crippen LogP) is 0.826. The summed E-state index contributed by atoms with van der Waals surface area (Å²) in [5.74, 6) is 0.0252. The van der Waals surface area contributed by atoms with E-state index in [2.05, 4.69) is 10.6 Å². The lowest BCUT2D eigenvalue weighted by Gasteiger charge is -2.14. The Morgan fingerprint density at radius 1 is 1.21 bits per heavy atom. The van der Waals surface area contributed by atoms with Gasteiger partial charge in [0.05, 0.1) is 7.11 Å². The van der Waals surface area contributed by atoms with Crippen LogP contribution in [0.1, 0.15) is 24.0 Å². The summed E-state index contributed by atoms with van der Waals surface area (Å²) in [5, 5.41) is 4.87. The molecule has 8 nitrogen and oxygen atoms in total. The van der Waals surface area contributed by atoms with E-state index in [1.807, 2.05) is 11.6 Å². The minimum Gasteiger partial charge on any atom is -0.495 e. The first-order valence-corrected chi connectivity index (χ1v) is 8.86. The molecule has 0 atom stereocenters. The molecule has 1 rings (SSSR count). The number of sulfonamides is 1. The van der Waals surface area contributed by atoms with Crippen molar-refractivity contribution in [1.29, 1.82) is 0 Å². The van der Waals surface area contributed by atoms with Crippen LogP contribution in [-0.2, 0) is 14.8 Å². The number of carbonyl (C=O) groups is 2. The van der Waals surface area contributed by atoms with E-state index in [9.17, 15) is 18.0 Å². The van der Waals surface area contributed by atoms with Crippen LogP contribution in [0.15, 0.2) is 17.0 Å². The van der Waals surface area contributed by atoms with Gasteiger partial charge in [-0.3, -0.25) is 4.79 Å². The molecular weight excluding hydrogens is 334 g/mol. The highest BCUT2D eigenvalue weighted by Crippen LogP contribution is 2.28. The van der Waals surface area contributed by atoms with E-state index in [1.54, 1.807) is 19.1 Å². The summed E-state index contributed by atoms with van der Waals surface area (Å²) in [6.07, 6.45) is 0.647. The van der Waals surface area contributed by atoms with Crippen molar-refractivity contribution >= 4 is 22.0 Å². The number of benzene rings is 1. The third-order valence-electron chi connectivity index (χ3n) is 3.25. The van der Waals surface area contributed by atoms with Crippen LogP contribution in [0.4, 0.5) is 4.79 Å². The Labute approximate surface area is 142 Å². The summed E-state index contributed by atoms with van der Waals surface area (Å²) in [4.78, 5) is 22.8. The molecule has 0 aromatic heterocycles. The van der Waals surface area contributed by atoms with Gasteiger partial charge in [-0.1, -0.05) is 6.07 Å². The van der Waals surface area contributed by atoms with Gasteiger partial charge in [-0.25, -0.2) is 17.9 Å². The topological polar surface area (TPSA) is 114 Å². The van der Waals surface area contributed by atoms with Crippen molar-refractivity contribution in [3.05, 3.63) is 23.3 Å². The number of methoxy groups -OCH3 is 1. The Bertz CT molecular complexity index is 716. The van der Waals surface area contributed by atoms with Crippen LogP contribution in [0.2, 0.25) is 0 Å². The molecule has 0 unspecified atom stereocenters. The number of carbonyl (C=O) groups excluding carboxylic acids is 2. The van der Waals surface area contributed by atoms with E-state index in [0.717, 1.165) is 5.56 Å². The zero-order valence-electron chi connectivity index (χ0n) is 14.2. The molecule has 0 radical (unpaired) electrons. The maximum absolute atomic E-state index is 12.4. The van der Waals surface area contributed by atoms with E-state index in [4.69, 9.17) is 4.74 Å². The molecule has 0 saturated heterocycles. The highest BCUT2D eigenvalue weighted by Gasteiger charge is 2.24. The standard InChI is InChI=1S/C15H23N3O5S/c1-10-8-11(2)14(12(9-10)23-4)24(21,22)18-15(20)17-7-5-6-13(19)16-3/h8-9H,5-7H2,1-4H3,(H,16,19)(H2,17,18,20). The second-order valence-electron chi connectivity index (χ2n) is 5.25. The number of ether oxygens (including phenoxy) is 1. The molecular formula is C15H23N3O5S. The Hall–Kier alpha value is -2.29. The van der Waals surface area contributed by atoms with Gasteiger partial charge in [0.15, 0.2) is 0 Å². The Morgan fingerprint density at radius 2 is 1.88 bits per heavy atom. The molecule has 0 spiro atoms. The van der Waals surface area contributed by atoms with Gasteiger partial charge < -0.3 is 15.4 Å². The zero-order valence-corrected chi connectivity index (χ0v) is 15.0. The minimum absolute atomic E-state index is 0.0730. The van der Waals surface area contributed by atoms with E-state index in [-0.39, 0.29) is 29.5 Å². The third kappa shape index (κ3) is 5.41. The van der Waals surface area contributed by atoms with Crippen molar-refractivity contribution in [2.24, 2.45) is 0 Å². The van der Waals surface area contributed by atoms with Crippen molar-refractivity contribution < 1.29 is 22.7 Å². The molecule has 3 amide bonds. The van der Waals surface area contributed by atoms with Crippen LogP contribution in [-0.4, -0.2) is 41.1 Å². The SMILES string of the molecule is CNC(=O)CCCNC(=O)NS(=O)(=O)c1c(C)cc(C)cc1OC. The van der Waals surface area contributed by atoms with Gasteiger partial charge in [0.1, 0.15) is 10.6 Å². The fourth-order valence-corrected chi connectivity index (χ4v) is 3.50. The summed E-state index contributed by atoms with van der Waals surface area (Å²) in [6.45, 7) is 3.63. The molecule has 24 heavy (non-hydrogen) atoms. The normalized spacial score (nSPS) is 10.8.